The number of hydrogen-bond donors (Lipinski definition) is 2. The maximum atomic E-state index is 12.1. The van der Waals surface area contributed by atoms with E-state index in [1.807, 2.05) is 11.8 Å². The molecule has 1 unspecified atom stereocenters. The van der Waals surface area contributed by atoms with E-state index in [2.05, 4.69) is 15.3 Å². The Labute approximate surface area is 112 Å². The van der Waals surface area contributed by atoms with Gasteiger partial charge in [0.2, 0.25) is 17.7 Å². The van der Waals surface area contributed by atoms with Crippen LogP contribution >= 0.6 is 0 Å². The number of nitrogens with one attached hydrogen (secondary N) is 1. The van der Waals surface area contributed by atoms with Crippen LogP contribution < -0.4 is 15.8 Å². The van der Waals surface area contributed by atoms with Crippen LogP contribution in [-0.2, 0) is 4.79 Å². The first-order valence-electron chi connectivity index (χ1n) is 6.34. The summed E-state index contributed by atoms with van der Waals surface area (Å²) in [6.07, 6.45) is 2.15. The molecule has 19 heavy (non-hydrogen) atoms. The quantitative estimate of drug-likeness (QED) is 0.823. The average molecular weight is 265 g/mol. The Hall–Kier alpha value is -2.05. The number of methoxy groups -OCH3 is 1. The van der Waals surface area contributed by atoms with E-state index in [9.17, 15) is 4.79 Å². The fourth-order valence-corrected chi connectivity index (χ4v) is 2.12. The first kappa shape index (κ1) is 13.4. The molecule has 7 nitrogen and oxygen atoms in total. The minimum atomic E-state index is -0.350. The summed E-state index contributed by atoms with van der Waals surface area (Å²) in [6.45, 7) is 3.48. The fraction of sp³-hybridized carbons (Fsp3) is 0.583. The molecule has 1 amide bonds. The number of carbonyl (C=O) groups is 1. The third-order valence-corrected chi connectivity index (χ3v) is 3.08. The van der Waals surface area contributed by atoms with Gasteiger partial charge in [0, 0.05) is 19.2 Å². The van der Waals surface area contributed by atoms with Crippen molar-refractivity contribution >= 4 is 17.7 Å². The molecule has 3 N–H and O–H groups in total. The van der Waals surface area contributed by atoms with Crippen molar-refractivity contribution in [1.82, 2.24) is 14.9 Å². The van der Waals surface area contributed by atoms with Crippen molar-refractivity contribution in [3.8, 4) is 5.88 Å². The molecule has 1 aliphatic rings. The number of aromatic nitrogens is 2. The number of nitrogen functional groups attached to an aromatic ring is 1. The zero-order valence-corrected chi connectivity index (χ0v) is 11.2. The third-order valence-electron chi connectivity index (χ3n) is 3.08. The molecule has 7 heteroatoms. The van der Waals surface area contributed by atoms with Gasteiger partial charge in [-0.05, 0) is 19.8 Å². The minimum Gasteiger partial charge on any atom is -0.481 e. The number of nitrogens with two attached hydrogens (primary N) is 1. The highest BCUT2D eigenvalue weighted by atomic mass is 16.5. The van der Waals surface area contributed by atoms with E-state index in [1.54, 1.807) is 6.07 Å². The number of anilines is 2. The molecule has 0 saturated carbocycles. The predicted molar refractivity (Wildman–Crippen MR) is 71.9 cm³/mol. The molecule has 1 aromatic heterocycles. The number of ether oxygens (including phenoxy) is 1. The summed E-state index contributed by atoms with van der Waals surface area (Å²) in [5.41, 5.74) is 5.57. The topological polar surface area (TPSA) is 93.4 Å². The molecular formula is C12H19N5O2. The molecule has 1 atom stereocenters. The Kier molecular flexibility index (Phi) is 4.03. The van der Waals surface area contributed by atoms with E-state index in [4.69, 9.17) is 10.5 Å². The van der Waals surface area contributed by atoms with E-state index in [0.29, 0.717) is 11.7 Å². The summed E-state index contributed by atoms with van der Waals surface area (Å²) in [6, 6.07) is 1.27. The van der Waals surface area contributed by atoms with Crippen molar-refractivity contribution in [3.63, 3.8) is 0 Å². The molecule has 0 aliphatic carbocycles. The lowest BCUT2D eigenvalue weighted by Crippen LogP contribution is -2.39. The standard InChI is InChI=1S/C12H19N5O2/c1-8(11(18)17-5-3-4-6-17)14-9-7-10(19-2)16-12(13)15-9/h7-8H,3-6H2,1-2H3,(H3,13,14,15,16). The minimum absolute atomic E-state index is 0.0775. The SMILES string of the molecule is COc1cc(NC(C)C(=O)N2CCCC2)nc(N)n1. The van der Waals surface area contributed by atoms with Gasteiger partial charge in [-0.3, -0.25) is 4.79 Å². The molecule has 1 aliphatic heterocycles. The predicted octanol–water partition coefficient (Wildman–Crippen LogP) is 0.490. The van der Waals surface area contributed by atoms with Crippen molar-refractivity contribution in [1.29, 1.82) is 0 Å². The number of likely N-dealkylation sites (tertiary alicyclic amines) is 1. The van der Waals surface area contributed by atoms with E-state index >= 15 is 0 Å². The van der Waals surface area contributed by atoms with Gasteiger partial charge in [-0.1, -0.05) is 0 Å². The van der Waals surface area contributed by atoms with Crippen molar-refractivity contribution in [2.75, 3.05) is 31.2 Å². The molecule has 1 fully saturated rings. The maximum Gasteiger partial charge on any atom is 0.244 e. The molecule has 2 rings (SSSR count). The largest absolute Gasteiger partial charge is 0.481 e. The second-order valence-electron chi connectivity index (χ2n) is 4.55. The summed E-state index contributed by atoms with van der Waals surface area (Å²) in [7, 11) is 1.50. The van der Waals surface area contributed by atoms with Crippen molar-refractivity contribution in [2.45, 2.75) is 25.8 Å². The normalized spacial score (nSPS) is 16.2. The number of amides is 1. The number of rotatable bonds is 4. The zero-order valence-electron chi connectivity index (χ0n) is 11.2. The van der Waals surface area contributed by atoms with E-state index < -0.39 is 0 Å². The second-order valence-corrected chi connectivity index (χ2v) is 4.55. The van der Waals surface area contributed by atoms with Crippen LogP contribution in [0.15, 0.2) is 6.07 Å². The highest BCUT2D eigenvalue weighted by molar-refractivity contribution is 5.84. The summed E-state index contributed by atoms with van der Waals surface area (Å²) < 4.78 is 5.01. The van der Waals surface area contributed by atoms with Crippen molar-refractivity contribution in [2.24, 2.45) is 0 Å². The summed E-state index contributed by atoms with van der Waals surface area (Å²) >= 11 is 0. The van der Waals surface area contributed by atoms with Crippen LogP contribution in [-0.4, -0.2) is 47.0 Å². The van der Waals surface area contributed by atoms with Crippen LogP contribution in [0.25, 0.3) is 0 Å². The van der Waals surface area contributed by atoms with Crippen LogP contribution in [0.3, 0.4) is 0 Å². The lowest BCUT2D eigenvalue weighted by Gasteiger charge is -2.21. The van der Waals surface area contributed by atoms with Gasteiger partial charge in [-0.15, -0.1) is 0 Å². The van der Waals surface area contributed by atoms with Crippen LogP contribution in [0.2, 0.25) is 0 Å². The van der Waals surface area contributed by atoms with Gasteiger partial charge < -0.3 is 20.7 Å². The molecule has 0 bridgehead atoms. The molecule has 0 aromatic carbocycles. The molecule has 1 saturated heterocycles. The monoisotopic (exact) mass is 265 g/mol. The molecule has 104 valence electrons. The Morgan fingerprint density at radius 3 is 2.79 bits per heavy atom. The Bertz CT molecular complexity index is 459. The van der Waals surface area contributed by atoms with Gasteiger partial charge in [-0.25, -0.2) is 0 Å². The Morgan fingerprint density at radius 1 is 1.47 bits per heavy atom. The average Bonchev–Trinajstić information content (AvgIpc) is 2.90. The maximum absolute atomic E-state index is 12.1. The number of carbonyl (C=O) groups excluding carboxylic acids is 1. The smallest absolute Gasteiger partial charge is 0.244 e. The van der Waals surface area contributed by atoms with Gasteiger partial charge >= 0.3 is 0 Å². The van der Waals surface area contributed by atoms with Crippen LogP contribution in [0.1, 0.15) is 19.8 Å². The zero-order chi connectivity index (χ0) is 13.8. The van der Waals surface area contributed by atoms with Gasteiger partial charge in [0.25, 0.3) is 0 Å². The van der Waals surface area contributed by atoms with Gasteiger partial charge in [0.1, 0.15) is 11.9 Å². The number of nitrogens with zero attached hydrogens (tertiary/aromatic N) is 3. The fourth-order valence-electron chi connectivity index (χ4n) is 2.12. The second kappa shape index (κ2) is 5.73. The van der Waals surface area contributed by atoms with Crippen LogP contribution in [0, 0.1) is 0 Å². The Morgan fingerprint density at radius 2 is 2.16 bits per heavy atom. The molecule has 0 radical (unpaired) electrons. The first-order valence-corrected chi connectivity index (χ1v) is 6.34. The molecule has 2 heterocycles. The van der Waals surface area contributed by atoms with Crippen LogP contribution in [0.5, 0.6) is 5.88 Å². The summed E-state index contributed by atoms with van der Waals surface area (Å²) in [5.74, 6) is 1.05. The first-order chi connectivity index (χ1) is 9.10. The summed E-state index contributed by atoms with van der Waals surface area (Å²) in [4.78, 5) is 21.9. The third kappa shape index (κ3) is 3.24. The van der Waals surface area contributed by atoms with Crippen LogP contribution in [0.4, 0.5) is 11.8 Å². The van der Waals surface area contributed by atoms with Gasteiger partial charge in [0.05, 0.1) is 7.11 Å². The number of hydrogen-bond acceptors (Lipinski definition) is 6. The van der Waals surface area contributed by atoms with Gasteiger partial charge in [0.15, 0.2) is 0 Å². The summed E-state index contributed by atoms with van der Waals surface area (Å²) in [5, 5.41) is 3.03. The van der Waals surface area contributed by atoms with Crippen molar-refractivity contribution < 1.29 is 9.53 Å². The highest BCUT2D eigenvalue weighted by Gasteiger charge is 2.23. The highest BCUT2D eigenvalue weighted by Crippen LogP contribution is 2.16. The molecule has 0 spiro atoms. The molecule has 1 aromatic rings. The molecular weight excluding hydrogens is 246 g/mol. The van der Waals surface area contributed by atoms with E-state index in [0.717, 1.165) is 25.9 Å². The lowest BCUT2D eigenvalue weighted by atomic mass is 10.3. The van der Waals surface area contributed by atoms with E-state index in [1.165, 1.54) is 7.11 Å². The lowest BCUT2D eigenvalue weighted by molar-refractivity contribution is -0.130. The van der Waals surface area contributed by atoms with Gasteiger partial charge in [-0.2, -0.15) is 9.97 Å². The Balaban J connectivity index is 2.03. The van der Waals surface area contributed by atoms with E-state index in [-0.39, 0.29) is 17.9 Å². The van der Waals surface area contributed by atoms with Crippen molar-refractivity contribution in [3.05, 3.63) is 6.07 Å².